The van der Waals surface area contributed by atoms with Crippen LogP contribution < -0.4 is 0 Å². The van der Waals surface area contributed by atoms with Gasteiger partial charge in [0.2, 0.25) is 0 Å². The van der Waals surface area contributed by atoms with Crippen LogP contribution in [0.2, 0.25) is 0 Å². The second-order valence-corrected chi connectivity index (χ2v) is 5.71. The van der Waals surface area contributed by atoms with Crippen LogP contribution in [0.15, 0.2) is 12.3 Å². The van der Waals surface area contributed by atoms with Gasteiger partial charge in [-0.15, -0.1) is 0 Å². The predicted octanol–water partition coefficient (Wildman–Crippen LogP) is 2.48. The molecule has 1 fully saturated rings. The molecule has 1 saturated heterocycles. The smallest absolute Gasteiger partial charge is 0.338 e. The average molecular weight is 327 g/mol. The minimum absolute atomic E-state index is 0.156. The third kappa shape index (κ3) is 3.08. The van der Waals surface area contributed by atoms with Crippen LogP contribution in [0, 0.1) is 6.92 Å². The Hall–Kier alpha value is -2.32. The predicted molar refractivity (Wildman–Crippen MR) is 74.8 cm³/mol. The number of aromatic nitrogens is 4. The van der Waals surface area contributed by atoms with Crippen LogP contribution >= 0.6 is 0 Å². The first kappa shape index (κ1) is 15.6. The van der Waals surface area contributed by atoms with Crippen molar-refractivity contribution in [3.05, 3.63) is 34.9 Å². The van der Waals surface area contributed by atoms with Crippen molar-refractivity contribution in [3.8, 4) is 0 Å². The van der Waals surface area contributed by atoms with Gasteiger partial charge in [0.1, 0.15) is 0 Å². The number of amides is 1. The van der Waals surface area contributed by atoms with Gasteiger partial charge in [0, 0.05) is 30.4 Å². The molecule has 0 unspecified atom stereocenters. The Morgan fingerprint density at radius 1 is 1.39 bits per heavy atom. The molecule has 1 aliphatic rings. The topological polar surface area (TPSA) is 77.7 Å². The molecule has 124 valence electrons. The monoisotopic (exact) mass is 327 g/mol. The van der Waals surface area contributed by atoms with E-state index < -0.39 is 11.9 Å². The number of nitrogens with one attached hydrogen (secondary N) is 2. The first-order chi connectivity index (χ1) is 10.9. The second-order valence-electron chi connectivity index (χ2n) is 5.71. The van der Waals surface area contributed by atoms with E-state index in [1.54, 1.807) is 11.8 Å². The fourth-order valence-corrected chi connectivity index (χ4v) is 2.84. The van der Waals surface area contributed by atoms with E-state index in [0.717, 1.165) is 12.5 Å². The van der Waals surface area contributed by atoms with E-state index in [1.165, 1.54) is 6.20 Å². The number of alkyl halides is 3. The van der Waals surface area contributed by atoms with Gasteiger partial charge in [0.15, 0.2) is 5.69 Å². The quantitative estimate of drug-likeness (QED) is 0.889. The first-order valence-electron chi connectivity index (χ1n) is 7.28. The second kappa shape index (κ2) is 5.71. The molecule has 2 N–H and O–H groups in total. The van der Waals surface area contributed by atoms with Crippen LogP contribution in [0.25, 0.3) is 0 Å². The molecule has 1 atom stereocenters. The minimum Gasteiger partial charge on any atom is -0.338 e. The van der Waals surface area contributed by atoms with Crippen molar-refractivity contribution in [2.24, 2.45) is 0 Å². The molecule has 2 aromatic rings. The molecule has 0 radical (unpaired) electrons. The van der Waals surface area contributed by atoms with Gasteiger partial charge in [0.25, 0.3) is 5.91 Å². The van der Waals surface area contributed by atoms with E-state index in [2.05, 4.69) is 20.4 Å². The molecule has 23 heavy (non-hydrogen) atoms. The van der Waals surface area contributed by atoms with Gasteiger partial charge in [-0.1, -0.05) is 0 Å². The lowest BCUT2D eigenvalue weighted by atomic mass is 9.94. The highest BCUT2D eigenvalue weighted by molar-refractivity contribution is 5.95. The molecule has 1 aliphatic heterocycles. The maximum Gasteiger partial charge on any atom is 0.435 e. The molecule has 3 heterocycles. The summed E-state index contributed by atoms with van der Waals surface area (Å²) in [7, 11) is 0. The fraction of sp³-hybridized carbons (Fsp3) is 0.500. The summed E-state index contributed by atoms with van der Waals surface area (Å²) in [5.41, 5.74) is 0.657. The van der Waals surface area contributed by atoms with E-state index in [9.17, 15) is 18.0 Å². The molecular formula is C14H16F3N5O. The normalized spacial score (nSPS) is 19.1. The summed E-state index contributed by atoms with van der Waals surface area (Å²) >= 11 is 0. The van der Waals surface area contributed by atoms with Crippen molar-refractivity contribution >= 4 is 5.91 Å². The summed E-state index contributed by atoms with van der Waals surface area (Å²) in [6.45, 7) is 2.70. The largest absolute Gasteiger partial charge is 0.435 e. The standard InChI is InChI=1S/C14H16F3N5O/c1-8-10(6-18-19-8)13(23)22-4-2-3-9(7-22)11-5-12(21-20-11)14(15,16)17/h5-6,9H,2-4,7H2,1H3,(H,18,19)(H,20,21)/t9-/m1/s1. The Labute approximate surface area is 130 Å². The Kier molecular flexibility index (Phi) is 3.87. The number of likely N-dealkylation sites (tertiary alicyclic amines) is 1. The van der Waals surface area contributed by atoms with Crippen LogP contribution in [0.5, 0.6) is 0 Å². The summed E-state index contributed by atoms with van der Waals surface area (Å²) in [6, 6.07) is 1.03. The minimum atomic E-state index is -4.47. The van der Waals surface area contributed by atoms with Gasteiger partial charge < -0.3 is 4.90 Å². The fourth-order valence-electron chi connectivity index (χ4n) is 2.84. The van der Waals surface area contributed by atoms with E-state index in [-0.39, 0.29) is 11.8 Å². The number of halogens is 3. The number of carbonyl (C=O) groups excluding carboxylic acids is 1. The molecule has 0 spiro atoms. The molecule has 0 aliphatic carbocycles. The van der Waals surface area contributed by atoms with E-state index in [0.29, 0.717) is 36.5 Å². The molecule has 3 rings (SSSR count). The Morgan fingerprint density at radius 3 is 2.78 bits per heavy atom. The number of carbonyl (C=O) groups is 1. The van der Waals surface area contributed by atoms with Crippen LogP contribution in [-0.4, -0.2) is 44.3 Å². The molecule has 1 amide bonds. The van der Waals surface area contributed by atoms with Crippen molar-refractivity contribution < 1.29 is 18.0 Å². The van der Waals surface area contributed by atoms with Crippen molar-refractivity contribution in [2.45, 2.75) is 31.9 Å². The van der Waals surface area contributed by atoms with Gasteiger partial charge in [-0.3, -0.25) is 15.0 Å². The number of piperidine rings is 1. The molecule has 6 nitrogen and oxygen atoms in total. The van der Waals surface area contributed by atoms with Gasteiger partial charge in [-0.05, 0) is 25.8 Å². The zero-order chi connectivity index (χ0) is 16.6. The maximum atomic E-state index is 12.6. The van der Waals surface area contributed by atoms with Crippen LogP contribution in [-0.2, 0) is 6.18 Å². The Bertz CT molecular complexity index is 705. The SMILES string of the molecule is Cc1[nH]ncc1C(=O)N1CCC[C@@H](c2cc(C(F)(F)F)n[nH]2)C1. The highest BCUT2D eigenvalue weighted by Gasteiger charge is 2.35. The van der Waals surface area contributed by atoms with Gasteiger partial charge in [0.05, 0.1) is 11.8 Å². The lowest BCUT2D eigenvalue weighted by Crippen LogP contribution is -2.39. The summed E-state index contributed by atoms with van der Waals surface area (Å²) in [5.74, 6) is -0.333. The molecule has 0 saturated carbocycles. The van der Waals surface area contributed by atoms with Gasteiger partial charge in [-0.2, -0.15) is 23.4 Å². The Morgan fingerprint density at radius 2 is 2.17 bits per heavy atom. The number of aryl methyl sites for hydroxylation is 1. The summed E-state index contributed by atoms with van der Waals surface area (Å²) in [4.78, 5) is 14.1. The highest BCUT2D eigenvalue weighted by Crippen LogP contribution is 2.32. The highest BCUT2D eigenvalue weighted by atomic mass is 19.4. The summed E-state index contributed by atoms with van der Waals surface area (Å²) in [6.07, 6.45) is -1.55. The van der Waals surface area contributed by atoms with E-state index >= 15 is 0 Å². The zero-order valence-electron chi connectivity index (χ0n) is 12.4. The van der Waals surface area contributed by atoms with Crippen LogP contribution in [0.4, 0.5) is 13.2 Å². The molecule has 2 aromatic heterocycles. The number of hydrogen-bond acceptors (Lipinski definition) is 3. The Balaban J connectivity index is 1.75. The number of aromatic amines is 2. The van der Waals surface area contributed by atoms with Gasteiger partial charge >= 0.3 is 6.18 Å². The van der Waals surface area contributed by atoms with E-state index in [1.807, 2.05) is 0 Å². The van der Waals surface area contributed by atoms with Crippen LogP contribution in [0.3, 0.4) is 0 Å². The maximum absolute atomic E-state index is 12.6. The van der Waals surface area contributed by atoms with Crippen molar-refractivity contribution in [1.29, 1.82) is 0 Å². The summed E-state index contributed by atoms with van der Waals surface area (Å²) < 4.78 is 37.9. The third-order valence-corrected chi connectivity index (χ3v) is 4.10. The molecule has 0 aromatic carbocycles. The first-order valence-corrected chi connectivity index (χ1v) is 7.28. The third-order valence-electron chi connectivity index (χ3n) is 4.10. The van der Waals surface area contributed by atoms with Crippen molar-refractivity contribution in [1.82, 2.24) is 25.3 Å². The number of H-pyrrole nitrogens is 2. The molecule has 9 heteroatoms. The molecule has 0 bridgehead atoms. The van der Waals surface area contributed by atoms with E-state index in [4.69, 9.17) is 0 Å². The lowest BCUT2D eigenvalue weighted by Gasteiger charge is -2.32. The summed E-state index contributed by atoms with van der Waals surface area (Å²) in [5, 5.41) is 12.3. The van der Waals surface area contributed by atoms with Crippen LogP contribution in [0.1, 0.15) is 46.2 Å². The van der Waals surface area contributed by atoms with Gasteiger partial charge in [-0.25, -0.2) is 0 Å². The average Bonchev–Trinajstić information content (AvgIpc) is 3.15. The number of nitrogens with zero attached hydrogens (tertiary/aromatic N) is 3. The molecular weight excluding hydrogens is 311 g/mol. The zero-order valence-corrected chi connectivity index (χ0v) is 12.4. The number of rotatable bonds is 2. The lowest BCUT2D eigenvalue weighted by molar-refractivity contribution is -0.141. The number of hydrogen-bond donors (Lipinski definition) is 2. The van der Waals surface area contributed by atoms with Crippen molar-refractivity contribution in [3.63, 3.8) is 0 Å². The van der Waals surface area contributed by atoms with Crippen molar-refractivity contribution in [2.75, 3.05) is 13.1 Å².